The first kappa shape index (κ1) is 18.1. The van der Waals surface area contributed by atoms with Gasteiger partial charge in [0.15, 0.2) is 5.43 Å². The van der Waals surface area contributed by atoms with Crippen LogP contribution in [0.15, 0.2) is 57.7 Å². The van der Waals surface area contributed by atoms with Crippen LogP contribution in [0, 0.1) is 17.0 Å². The number of aromatic nitrogens is 2. The Morgan fingerprint density at radius 3 is 2.67 bits per heavy atom. The van der Waals surface area contributed by atoms with Crippen molar-refractivity contribution in [3.8, 4) is 0 Å². The lowest BCUT2D eigenvalue weighted by Crippen LogP contribution is -2.29. The highest BCUT2D eigenvalue weighted by Gasteiger charge is 2.45. The standard InChI is InChI=1S/C20H12N4O5S/c1-10-21-22-20(30-10)23-16(11-5-4-6-12(9-11)24(27)28)15-17(25)13-7-2-3-8-14(13)29-18(15)19(23)26/h2-9,16H,1H3/t16-/m0/s1. The average Bonchev–Trinajstić information content (AvgIpc) is 3.29. The van der Waals surface area contributed by atoms with E-state index in [4.69, 9.17) is 4.42 Å². The first-order valence-electron chi connectivity index (χ1n) is 8.89. The van der Waals surface area contributed by atoms with E-state index >= 15 is 0 Å². The van der Waals surface area contributed by atoms with Crippen LogP contribution >= 0.6 is 11.3 Å². The molecule has 0 saturated carbocycles. The minimum atomic E-state index is -0.916. The number of hydrogen-bond acceptors (Lipinski definition) is 8. The van der Waals surface area contributed by atoms with E-state index in [1.165, 1.54) is 34.4 Å². The fraction of sp³-hybridized carbons (Fsp3) is 0.100. The van der Waals surface area contributed by atoms with Gasteiger partial charge in [0.2, 0.25) is 10.9 Å². The molecular formula is C20H12N4O5S. The van der Waals surface area contributed by atoms with Crippen LogP contribution in [0.1, 0.15) is 32.7 Å². The van der Waals surface area contributed by atoms with Crippen molar-refractivity contribution in [2.75, 3.05) is 4.90 Å². The molecule has 5 rings (SSSR count). The maximum Gasteiger partial charge on any atom is 0.297 e. The van der Waals surface area contributed by atoms with Crippen LogP contribution < -0.4 is 10.3 Å². The summed E-state index contributed by atoms with van der Waals surface area (Å²) in [5.74, 6) is -0.636. The number of benzene rings is 2. The van der Waals surface area contributed by atoms with Crippen molar-refractivity contribution in [2.45, 2.75) is 13.0 Å². The van der Waals surface area contributed by atoms with Crippen molar-refractivity contribution in [1.29, 1.82) is 0 Å². The largest absolute Gasteiger partial charge is 0.450 e. The molecule has 148 valence electrons. The summed E-state index contributed by atoms with van der Waals surface area (Å²) in [6, 6.07) is 11.6. The van der Waals surface area contributed by atoms with Crippen molar-refractivity contribution < 1.29 is 14.1 Å². The van der Waals surface area contributed by atoms with Gasteiger partial charge in [-0.2, -0.15) is 0 Å². The van der Waals surface area contributed by atoms with Crippen LogP contribution in [-0.2, 0) is 0 Å². The smallest absolute Gasteiger partial charge is 0.297 e. The first-order valence-corrected chi connectivity index (χ1v) is 9.71. The number of rotatable bonds is 3. The molecule has 2 aromatic heterocycles. The highest BCUT2D eigenvalue weighted by atomic mass is 32.1. The predicted octanol–water partition coefficient (Wildman–Crippen LogP) is 3.61. The molecule has 1 amide bonds. The number of fused-ring (bicyclic) bond motifs is 2. The van der Waals surface area contributed by atoms with Gasteiger partial charge in [0.05, 0.1) is 21.9 Å². The summed E-state index contributed by atoms with van der Waals surface area (Å²) >= 11 is 1.18. The molecule has 0 saturated heterocycles. The SMILES string of the molecule is Cc1nnc(N2C(=O)c3oc4ccccc4c(=O)c3[C@@H]2c2cccc([N+](=O)[O-])c2)s1. The Hall–Kier alpha value is -3.92. The molecule has 1 aliphatic rings. The highest BCUT2D eigenvalue weighted by Crippen LogP contribution is 2.42. The number of aryl methyl sites for hydroxylation is 1. The Bertz CT molecular complexity index is 1410. The van der Waals surface area contributed by atoms with Crippen LogP contribution in [0.2, 0.25) is 0 Å². The van der Waals surface area contributed by atoms with Crippen LogP contribution in [0.3, 0.4) is 0 Å². The zero-order valence-electron chi connectivity index (χ0n) is 15.4. The Labute approximate surface area is 172 Å². The molecule has 0 fully saturated rings. The summed E-state index contributed by atoms with van der Waals surface area (Å²) in [6.07, 6.45) is 0. The second-order valence-corrected chi connectivity index (χ2v) is 7.86. The fourth-order valence-corrected chi connectivity index (χ4v) is 4.34. The first-order chi connectivity index (χ1) is 14.5. The van der Waals surface area contributed by atoms with Crippen LogP contribution in [-0.4, -0.2) is 21.0 Å². The number of carbonyl (C=O) groups is 1. The van der Waals surface area contributed by atoms with Gasteiger partial charge in [0.1, 0.15) is 10.6 Å². The summed E-state index contributed by atoms with van der Waals surface area (Å²) in [5, 5.41) is 20.6. The minimum absolute atomic E-state index is 0.0944. The molecule has 3 heterocycles. The predicted molar refractivity (Wildman–Crippen MR) is 109 cm³/mol. The van der Waals surface area contributed by atoms with E-state index in [0.717, 1.165) is 0 Å². The molecule has 0 bridgehead atoms. The molecule has 1 atom stereocenters. The lowest BCUT2D eigenvalue weighted by Gasteiger charge is -2.21. The van der Waals surface area contributed by atoms with Crippen molar-refractivity contribution >= 4 is 39.0 Å². The third-order valence-corrected chi connectivity index (χ3v) is 5.73. The third-order valence-electron chi connectivity index (χ3n) is 4.90. The fourth-order valence-electron chi connectivity index (χ4n) is 3.62. The van der Waals surface area contributed by atoms with E-state index < -0.39 is 16.9 Å². The van der Waals surface area contributed by atoms with Crippen LogP contribution in [0.4, 0.5) is 10.8 Å². The van der Waals surface area contributed by atoms with Gasteiger partial charge in [-0.3, -0.25) is 24.6 Å². The van der Waals surface area contributed by atoms with Gasteiger partial charge in [-0.15, -0.1) is 10.2 Å². The molecule has 10 heteroatoms. The molecule has 0 unspecified atom stereocenters. The number of nitrogens with zero attached hydrogens (tertiary/aromatic N) is 4. The molecule has 9 nitrogen and oxygen atoms in total. The second kappa shape index (κ2) is 6.56. The number of anilines is 1. The summed E-state index contributed by atoms with van der Waals surface area (Å²) in [7, 11) is 0. The van der Waals surface area contributed by atoms with Gasteiger partial charge in [0.25, 0.3) is 11.6 Å². The molecular weight excluding hydrogens is 408 g/mol. The second-order valence-electron chi connectivity index (χ2n) is 6.70. The Balaban J connectivity index is 1.82. The van der Waals surface area contributed by atoms with E-state index in [1.54, 1.807) is 37.3 Å². The number of hydrogen-bond donors (Lipinski definition) is 0. The lowest BCUT2D eigenvalue weighted by atomic mass is 9.98. The maximum absolute atomic E-state index is 13.3. The molecule has 30 heavy (non-hydrogen) atoms. The van der Waals surface area contributed by atoms with Gasteiger partial charge in [-0.25, -0.2) is 0 Å². The minimum Gasteiger partial charge on any atom is -0.450 e. The van der Waals surface area contributed by atoms with Gasteiger partial charge in [-0.05, 0) is 24.6 Å². The maximum atomic E-state index is 13.3. The highest BCUT2D eigenvalue weighted by molar-refractivity contribution is 7.15. The number of nitro benzene ring substituents is 1. The van der Waals surface area contributed by atoms with Gasteiger partial charge < -0.3 is 4.42 Å². The summed E-state index contributed by atoms with van der Waals surface area (Å²) in [5.41, 5.74) is 0.328. The Kier molecular flexibility index (Phi) is 3.97. The number of nitro groups is 1. The van der Waals surface area contributed by atoms with Gasteiger partial charge in [0, 0.05) is 12.1 Å². The Morgan fingerprint density at radius 1 is 1.13 bits per heavy atom. The summed E-state index contributed by atoms with van der Waals surface area (Å²) < 4.78 is 5.82. The van der Waals surface area contributed by atoms with Crippen molar-refractivity contribution in [3.05, 3.63) is 90.8 Å². The lowest BCUT2D eigenvalue weighted by molar-refractivity contribution is -0.384. The Morgan fingerprint density at radius 2 is 1.93 bits per heavy atom. The quantitative estimate of drug-likeness (QED) is 0.367. The normalized spacial score (nSPS) is 15.6. The monoisotopic (exact) mass is 420 g/mol. The molecule has 0 radical (unpaired) electrons. The number of carbonyl (C=O) groups excluding carboxylic acids is 1. The zero-order chi connectivity index (χ0) is 21.0. The summed E-state index contributed by atoms with van der Waals surface area (Å²) in [4.78, 5) is 38.7. The van der Waals surface area contributed by atoms with Crippen LogP contribution in [0.25, 0.3) is 11.0 Å². The van der Waals surface area contributed by atoms with E-state index in [0.29, 0.717) is 21.5 Å². The van der Waals surface area contributed by atoms with Crippen molar-refractivity contribution in [2.24, 2.45) is 0 Å². The number of non-ortho nitro benzene ring substituents is 1. The molecule has 1 aliphatic heterocycles. The van der Waals surface area contributed by atoms with Gasteiger partial charge >= 0.3 is 0 Å². The average molecular weight is 420 g/mol. The van der Waals surface area contributed by atoms with E-state index in [1.807, 2.05) is 0 Å². The third kappa shape index (κ3) is 2.61. The van der Waals surface area contributed by atoms with E-state index in [-0.39, 0.29) is 27.6 Å². The van der Waals surface area contributed by atoms with Gasteiger partial charge in [-0.1, -0.05) is 35.6 Å². The molecule has 4 aromatic rings. The van der Waals surface area contributed by atoms with Crippen LogP contribution in [0.5, 0.6) is 0 Å². The topological polar surface area (TPSA) is 119 Å². The van der Waals surface area contributed by atoms with E-state index in [9.17, 15) is 19.7 Å². The molecule has 0 aliphatic carbocycles. The van der Waals surface area contributed by atoms with Crippen molar-refractivity contribution in [3.63, 3.8) is 0 Å². The van der Waals surface area contributed by atoms with E-state index in [2.05, 4.69) is 10.2 Å². The molecule has 0 N–H and O–H groups in total. The molecule has 0 spiro atoms. The zero-order valence-corrected chi connectivity index (χ0v) is 16.3. The summed E-state index contributed by atoms with van der Waals surface area (Å²) in [6.45, 7) is 1.74. The number of amides is 1. The number of para-hydroxylation sites is 1. The molecule has 2 aromatic carbocycles. The van der Waals surface area contributed by atoms with Crippen molar-refractivity contribution in [1.82, 2.24) is 10.2 Å².